The highest BCUT2D eigenvalue weighted by molar-refractivity contribution is 6.16. The van der Waals surface area contributed by atoms with Gasteiger partial charge in [-0.15, -0.1) is 0 Å². The lowest BCUT2D eigenvalue weighted by Gasteiger charge is -2.34. The Bertz CT molecular complexity index is 2030. The number of amides is 1. The van der Waals surface area contributed by atoms with E-state index in [4.69, 9.17) is 10.7 Å². The van der Waals surface area contributed by atoms with Gasteiger partial charge in [0.2, 0.25) is 0 Å². The molecule has 3 atom stereocenters. The molecule has 2 aliphatic rings. The molecule has 1 amide bonds. The normalized spacial score (nSPS) is 20.5. The lowest BCUT2D eigenvalue weighted by molar-refractivity contribution is 0.100. The quantitative estimate of drug-likeness (QED) is 0.229. The summed E-state index contributed by atoms with van der Waals surface area (Å²) < 4.78 is 2.31. The van der Waals surface area contributed by atoms with E-state index in [1.165, 1.54) is 30.2 Å². The van der Waals surface area contributed by atoms with Crippen LogP contribution in [-0.2, 0) is 0 Å². The minimum absolute atomic E-state index is 0.314. The number of likely N-dealkylation sites (tertiary alicyclic amines) is 1. The Balaban J connectivity index is 1.26. The zero-order valence-electron chi connectivity index (χ0n) is 24.3. The van der Waals surface area contributed by atoms with Crippen LogP contribution in [0.2, 0.25) is 0 Å². The number of primary amides is 1. The van der Waals surface area contributed by atoms with Crippen LogP contribution in [0.5, 0.6) is 0 Å². The van der Waals surface area contributed by atoms with Gasteiger partial charge in [0.25, 0.3) is 5.91 Å². The number of carbonyl (C=O) groups is 1. The van der Waals surface area contributed by atoms with Gasteiger partial charge in [-0.2, -0.15) is 0 Å². The van der Waals surface area contributed by atoms with Crippen LogP contribution in [0.15, 0.2) is 97.2 Å². The Morgan fingerprint density at radius 1 is 0.930 bits per heavy atom. The molecule has 0 spiro atoms. The van der Waals surface area contributed by atoms with Crippen LogP contribution in [0.1, 0.15) is 36.0 Å². The summed E-state index contributed by atoms with van der Waals surface area (Å²) in [6, 6.07) is 32.4. The third kappa shape index (κ3) is 4.36. The van der Waals surface area contributed by atoms with E-state index in [1.54, 1.807) is 0 Å². The van der Waals surface area contributed by atoms with Crippen LogP contribution >= 0.6 is 0 Å². The zero-order valence-corrected chi connectivity index (χ0v) is 24.3. The average Bonchev–Trinajstić information content (AvgIpc) is 3.60. The van der Waals surface area contributed by atoms with Gasteiger partial charge >= 0.3 is 0 Å². The fourth-order valence-electron chi connectivity index (χ4n) is 7.82. The number of nitrogens with one attached hydrogen (secondary N) is 1. The van der Waals surface area contributed by atoms with Gasteiger partial charge < -0.3 is 20.5 Å². The topological polar surface area (TPSA) is 76.2 Å². The molecule has 6 nitrogen and oxygen atoms in total. The number of nitrogens with two attached hydrogens (primary N) is 1. The van der Waals surface area contributed by atoms with E-state index < -0.39 is 5.91 Å². The third-order valence-electron chi connectivity index (χ3n) is 9.79. The molecule has 0 bridgehead atoms. The molecule has 4 aromatic carbocycles. The molecule has 3 N–H and O–H groups in total. The average molecular weight is 566 g/mol. The summed E-state index contributed by atoms with van der Waals surface area (Å²) in [5, 5.41) is 7.26. The number of anilines is 1. The standard InChI is InChI=1S/C37H35N5O/c1-41-17-7-9-24-19-26(20-35(24)41)40-32-21-27(15-16-29(32)37(38)43)42-33-13-5-3-10-30(33)36-28(11-6-14-34(36)42)25-18-23-8-2-4-12-31(23)39-22-25/h2-6,8,10-16,18,21-22,24,26,35,40H,7,9,17,19-20H2,1H3,(H2,38,43). The lowest BCUT2D eigenvalue weighted by Crippen LogP contribution is -2.39. The van der Waals surface area contributed by atoms with Crippen molar-refractivity contribution in [3.05, 3.63) is 103 Å². The van der Waals surface area contributed by atoms with Crippen molar-refractivity contribution in [1.29, 1.82) is 0 Å². The second kappa shape index (κ2) is 10.2. The van der Waals surface area contributed by atoms with Crippen molar-refractivity contribution in [3.8, 4) is 16.8 Å². The molecule has 3 unspecified atom stereocenters. The Hall–Kier alpha value is -4.68. The van der Waals surface area contributed by atoms with Crippen LogP contribution in [0.3, 0.4) is 0 Å². The van der Waals surface area contributed by atoms with Crippen molar-refractivity contribution in [2.75, 3.05) is 18.9 Å². The number of carbonyl (C=O) groups excluding carboxylic acids is 1. The second-order valence-corrected chi connectivity index (χ2v) is 12.3. The first-order chi connectivity index (χ1) is 21.0. The smallest absolute Gasteiger partial charge is 0.250 e. The summed E-state index contributed by atoms with van der Waals surface area (Å²) in [6.45, 7) is 1.17. The van der Waals surface area contributed by atoms with Gasteiger partial charge in [0.1, 0.15) is 0 Å². The van der Waals surface area contributed by atoms with Crippen molar-refractivity contribution in [2.24, 2.45) is 11.7 Å². The fourth-order valence-corrected chi connectivity index (χ4v) is 7.82. The monoisotopic (exact) mass is 565 g/mol. The number of hydrogen-bond acceptors (Lipinski definition) is 4. The van der Waals surface area contributed by atoms with Crippen molar-refractivity contribution in [3.63, 3.8) is 0 Å². The predicted octanol–water partition coefficient (Wildman–Crippen LogP) is 7.38. The van der Waals surface area contributed by atoms with Crippen molar-refractivity contribution < 1.29 is 4.79 Å². The number of benzene rings is 4. The van der Waals surface area contributed by atoms with E-state index in [1.807, 2.05) is 30.5 Å². The summed E-state index contributed by atoms with van der Waals surface area (Å²) in [5.74, 6) is 0.298. The number of pyridine rings is 1. The molecule has 1 aliphatic heterocycles. The third-order valence-corrected chi connectivity index (χ3v) is 9.79. The summed E-state index contributed by atoms with van der Waals surface area (Å²) in [7, 11) is 2.25. The number of rotatable bonds is 5. The van der Waals surface area contributed by atoms with Gasteiger partial charge in [-0.05, 0) is 93.2 Å². The van der Waals surface area contributed by atoms with Crippen molar-refractivity contribution in [2.45, 2.75) is 37.8 Å². The number of piperidine rings is 1. The van der Waals surface area contributed by atoms with Gasteiger partial charge in [0.15, 0.2) is 0 Å². The molecule has 1 aliphatic carbocycles. The molecule has 8 rings (SSSR count). The number of hydrogen-bond donors (Lipinski definition) is 2. The SMILES string of the molecule is CN1CCCC2CC(Nc3cc(-n4c5ccccc5c5c(-c6cnc7ccccc7c6)cccc54)ccc3C(N)=O)CC21. The van der Waals surface area contributed by atoms with Crippen molar-refractivity contribution >= 4 is 44.3 Å². The van der Waals surface area contributed by atoms with E-state index in [-0.39, 0.29) is 0 Å². The van der Waals surface area contributed by atoms with Gasteiger partial charge in [-0.25, -0.2) is 0 Å². The highest BCUT2D eigenvalue weighted by Crippen LogP contribution is 2.41. The molecule has 0 radical (unpaired) electrons. The van der Waals surface area contributed by atoms with E-state index in [9.17, 15) is 4.79 Å². The fraction of sp³-hybridized carbons (Fsp3) is 0.243. The van der Waals surface area contributed by atoms with Gasteiger partial charge in [0, 0.05) is 51.4 Å². The number of para-hydroxylation sites is 2. The molecule has 214 valence electrons. The summed E-state index contributed by atoms with van der Waals surface area (Å²) >= 11 is 0. The highest BCUT2D eigenvalue weighted by Gasteiger charge is 2.38. The summed E-state index contributed by atoms with van der Waals surface area (Å²) in [4.78, 5) is 19.9. The van der Waals surface area contributed by atoms with Crippen LogP contribution in [0.25, 0.3) is 49.5 Å². The van der Waals surface area contributed by atoms with Crippen LogP contribution in [-0.4, -0.2) is 46.0 Å². The molecule has 1 saturated heterocycles. The first-order valence-electron chi connectivity index (χ1n) is 15.3. The summed E-state index contributed by atoms with van der Waals surface area (Å²) in [6.07, 6.45) is 6.73. The molecule has 43 heavy (non-hydrogen) atoms. The van der Waals surface area contributed by atoms with Gasteiger partial charge in [0.05, 0.1) is 22.1 Å². The molecule has 2 fully saturated rings. The molecule has 6 heteroatoms. The van der Waals surface area contributed by atoms with Gasteiger partial charge in [-0.1, -0.05) is 48.5 Å². The van der Waals surface area contributed by atoms with E-state index in [0.717, 1.165) is 57.3 Å². The summed E-state index contributed by atoms with van der Waals surface area (Å²) in [5.41, 5.74) is 13.7. The lowest BCUT2D eigenvalue weighted by atomic mass is 9.92. The maximum Gasteiger partial charge on any atom is 0.250 e. The molecule has 1 saturated carbocycles. The van der Waals surface area contributed by atoms with E-state index in [0.29, 0.717) is 23.6 Å². The zero-order chi connectivity index (χ0) is 29.1. The highest BCUT2D eigenvalue weighted by atomic mass is 16.1. The van der Waals surface area contributed by atoms with E-state index >= 15 is 0 Å². The maximum atomic E-state index is 12.6. The Morgan fingerprint density at radius 2 is 1.77 bits per heavy atom. The molecular formula is C37H35N5O. The Kier molecular flexibility index (Phi) is 6.19. The molecule has 2 aromatic heterocycles. The molecule has 3 heterocycles. The second-order valence-electron chi connectivity index (χ2n) is 12.3. The van der Waals surface area contributed by atoms with Crippen LogP contribution in [0, 0.1) is 5.92 Å². The largest absolute Gasteiger partial charge is 0.382 e. The minimum atomic E-state index is -0.408. The number of fused-ring (bicyclic) bond motifs is 5. The number of nitrogens with zero attached hydrogens (tertiary/aromatic N) is 3. The minimum Gasteiger partial charge on any atom is -0.382 e. The van der Waals surface area contributed by atoms with E-state index in [2.05, 4.69) is 88.6 Å². The predicted molar refractivity (Wildman–Crippen MR) is 176 cm³/mol. The van der Waals surface area contributed by atoms with Crippen LogP contribution < -0.4 is 11.1 Å². The Morgan fingerprint density at radius 3 is 2.65 bits per heavy atom. The first kappa shape index (κ1) is 26.0. The molecule has 6 aromatic rings. The maximum absolute atomic E-state index is 12.6. The Labute approximate surface area is 251 Å². The van der Waals surface area contributed by atoms with Crippen molar-refractivity contribution in [1.82, 2.24) is 14.5 Å². The number of aromatic nitrogens is 2. The van der Waals surface area contributed by atoms with Crippen LogP contribution in [0.4, 0.5) is 5.69 Å². The van der Waals surface area contributed by atoms with Gasteiger partial charge in [-0.3, -0.25) is 9.78 Å². The molecular weight excluding hydrogens is 530 g/mol. The first-order valence-corrected chi connectivity index (χ1v) is 15.3.